The van der Waals surface area contributed by atoms with Gasteiger partial charge in [-0.25, -0.2) is 4.79 Å². The van der Waals surface area contributed by atoms with Gasteiger partial charge in [-0.15, -0.1) is 0 Å². The number of carboxylic acid groups (broad SMARTS) is 3. The van der Waals surface area contributed by atoms with Gasteiger partial charge < -0.3 is 48.5 Å². The van der Waals surface area contributed by atoms with Gasteiger partial charge in [-0.1, -0.05) is 0 Å². The summed E-state index contributed by atoms with van der Waals surface area (Å²) in [5, 5.41) is 34.2. The van der Waals surface area contributed by atoms with Gasteiger partial charge in [0.05, 0.1) is 12.5 Å². The Bertz CT molecular complexity index is 764. The number of nitrogens with two attached hydrogens (primary N) is 3. The molecule has 0 aromatic carbocycles. The summed E-state index contributed by atoms with van der Waals surface area (Å²) in [7, 11) is 0. The lowest BCUT2D eigenvalue weighted by Gasteiger charge is -2.25. The highest BCUT2D eigenvalue weighted by atomic mass is 16.4. The zero-order valence-electron chi connectivity index (χ0n) is 20.1. The fourth-order valence-electron chi connectivity index (χ4n) is 3.15. The van der Waals surface area contributed by atoms with E-state index < -0.39 is 72.6 Å². The van der Waals surface area contributed by atoms with Gasteiger partial charge in [-0.2, -0.15) is 0 Å². The Morgan fingerprint density at radius 2 is 1.06 bits per heavy atom. The van der Waals surface area contributed by atoms with Crippen LogP contribution in [0.1, 0.15) is 57.8 Å². The van der Waals surface area contributed by atoms with Crippen LogP contribution < -0.4 is 33.2 Å². The molecule has 0 bridgehead atoms. The summed E-state index contributed by atoms with van der Waals surface area (Å²) < 4.78 is 0. The van der Waals surface area contributed by atoms with Crippen LogP contribution in [0.5, 0.6) is 0 Å². The van der Waals surface area contributed by atoms with Gasteiger partial charge >= 0.3 is 17.9 Å². The number of rotatable bonds is 20. The van der Waals surface area contributed by atoms with Gasteiger partial charge in [0, 0.05) is 6.42 Å². The van der Waals surface area contributed by atoms with Crippen molar-refractivity contribution in [1.82, 2.24) is 16.0 Å². The predicted molar refractivity (Wildman–Crippen MR) is 126 cm³/mol. The maximum Gasteiger partial charge on any atom is 0.326 e. The molecule has 12 N–H and O–H groups in total. The minimum Gasteiger partial charge on any atom is -0.481 e. The summed E-state index contributed by atoms with van der Waals surface area (Å²) in [5.74, 6) is -6.53. The molecule has 0 aromatic heterocycles. The molecule has 36 heavy (non-hydrogen) atoms. The molecule has 15 heteroatoms. The number of carbonyl (C=O) groups is 6. The molecule has 0 aromatic rings. The smallest absolute Gasteiger partial charge is 0.326 e. The average molecular weight is 519 g/mol. The summed E-state index contributed by atoms with van der Waals surface area (Å²) in [5.41, 5.74) is 16.4. The fraction of sp³-hybridized carbons (Fsp3) is 0.714. The van der Waals surface area contributed by atoms with E-state index >= 15 is 0 Å². The molecule has 0 spiro atoms. The van der Waals surface area contributed by atoms with Crippen LogP contribution in [0.2, 0.25) is 0 Å². The van der Waals surface area contributed by atoms with E-state index in [0.29, 0.717) is 38.8 Å². The highest BCUT2D eigenvalue weighted by Crippen LogP contribution is 2.07. The SMILES string of the molecule is NCCCCC(NC(=O)C(CCCCN)NC(=O)C(CCC(=O)O)NC(=O)C(N)CC(=O)O)C(=O)O. The third kappa shape index (κ3) is 14.2. The third-order valence-corrected chi connectivity index (χ3v) is 5.15. The van der Waals surface area contributed by atoms with E-state index in [-0.39, 0.29) is 19.3 Å². The number of hydrogen-bond donors (Lipinski definition) is 9. The van der Waals surface area contributed by atoms with Crippen molar-refractivity contribution in [2.45, 2.75) is 82.0 Å². The van der Waals surface area contributed by atoms with Crippen LogP contribution in [0.15, 0.2) is 0 Å². The van der Waals surface area contributed by atoms with Gasteiger partial charge in [-0.3, -0.25) is 24.0 Å². The Hall–Kier alpha value is -3.30. The van der Waals surface area contributed by atoms with Crippen LogP contribution in [0.4, 0.5) is 0 Å². The van der Waals surface area contributed by atoms with Gasteiger partial charge in [0.25, 0.3) is 0 Å². The van der Waals surface area contributed by atoms with Gasteiger partial charge in [-0.05, 0) is 58.0 Å². The van der Waals surface area contributed by atoms with Crippen molar-refractivity contribution < 1.29 is 44.1 Å². The maximum atomic E-state index is 12.9. The zero-order chi connectivity index (χ0) is 27.7. The minimum atomic E-state index is -1.49. The molecule has 206 valence electrons. The first-order valence-electron chi connectivity index (χ1n) is 11.7. The number of hydrogen-bond acceptors (Lipinski definition) is 9. The Labute approximate surface area is 208 Å². The van der Waals surface area contributed by atoms with Crippen LogP contribution in [0, 0.1) is 0 Å². The monoisotopic (exact) mass is 518 g/mol. The molecule has 0 fully saturated rings. The summed E-state index contributed by atoms with van der Waals surface area (Å²) in [6, 6.07) is -5.33. The van der Waals surface area contributed by atoms with E-state index in [9.17, 15) is 33.9 Å². The van der Waals surface area contributed by atoms with Crippen molar-refractivity contribution in [1.29, 1.82) is 0 Å². The normalized spacial score (nSPS) is 14.1. The van der Waals surface area contributed by atoms with Crippen LogP contribution >= 0.6 is 0 Å². The van der Waals surface area contributed by atoms with Crippen molar-refractivity contribution in [3.63, 3.8) is 0 Å². The second-order valence-electron chi connectivity index (χ2n) is 8.23. The van der Waals surface area contributed by atoms with Crippen molar-refractivity contribution in [3.05, 3.63) is 0 Å². The number of carbonyl (C=O) groups excluding carboxylic acids is 3. The fourth-order valence-corrected chi connectivity index (χ4v) is 3.15. The average Bonchev–Trinajstić information content (AvgIpc) is 2.79. The molecule has 0 saturated carbocycles. The zero-order valence-corrected chi connectivity index (χ0v) is 20.1. The van der Waals surface area contributed by atoms with E-state index in [1.807, 2.05) is 0 Å². The second kappa shape index (κ2) is 18.0. The van der Waals surface area contributed by atoms with Crippen LogP contribution in [-0.2, 0) is 28.8 Å². The van der Waals surface area contributed by atoms with Crippen molar-refractivity contribution in [2.75, 3.05) is 13.1 Å². The first-order chi connectivity index (χ1) is 16.9. The highest BCUT2D eigenvalue weighted by molar-refractivity contribution is 5.94. The quantitative estimate of drug-likeness (QED) is 0.0753. The van der Waals surface area contributed by atoms with Crippen molar-refractivity contribution in [2.24, 2.45) is 17.2 Å². The maximum absolute atomic E-state index is 12.9. The molecule has 3 amide bonds. The van der Waals surface area contributed by atoms with Crippen LogP contribution in [0.3, 0.4) is 0 Å². The third-order valence-electron chi connectivity index (χ3n) is 5.15. The Morgan fingerprint density at radius 3 is 1.50 bits per heavy atom. The summed E-state index contributed by atoms with van der Waals surface area (Å²) in [6.45, 7) is 0.676. The van der Waals surface area contributed by atoms with E-state index in [1.165, 1.54) is 0 Å². The lowest BCUT2D eigenvalue weighted by atomic mass is 10.0. The molecule has 4 atom stereocenters. The molecule has 15 nitrogen and oxygen atoms in total. The van der Waals surface area contributed by atoms with E-state index in [2.05, 4.69) is 16.0 Å². The lowest BCUT2D eigenvalue weighted by molar-refractivity contribution is -0.142. The molecule has 0 aliphatic carbocycles. The number of carboxylic acids is 3. The molecule has 0 aliphatic heterocycles. The second-order valence-corrected chi connectivity index (χ2v) is 8.23. The minimum absolute atomic E-state index is 0.0992. The number of nitrogens with one attached hydrogen (secondary N) is 3. The van der Waals surface area contributed by atoms with Crippen LogP contribution in [-0.4, -0.2) is 88.2 Å². The number of unbranched alkanes of at least 4 members (excludes halogenated alkanes) is 2. The summed E-state index contributed by atoms with van der Waals surface area (Å²) >= 11 is 0. The van der Waals surface area contributed by atoms with E-state index in [4.69, 9.17) is 27.4 Å². The van der Waals surface area contributed by atoms with E-state index in [0.717, 1.165) is 0 Å². The van der Waals surface area contributed by atoms with Crippen molar-refractivity contribution in [3.8, 4) is 0 Å². The molecule has 0 rings (SSSR count). The molecular weight excluding hydrogens is 480 g/mol. The standard InChI is InChI=1S/C21H38N6O9/c22-9-3-1-5-13(19(33)27-15(21(35)36)6-2-4-10-23)26-20(34)14(7-8-16(28)29)25-18(32)12(24)11-17(30)31/h12-15H,1-11,22-24H2,(H,25,32)(H,26,34)(H,27,33)(H,28,29)(H,30,31)(H,35,36). The van der Waals surface area contributed by atoms with Gasteiger partial charge in [0.1, 0.15) is 18.1 Å². The molecule has 0 saturated heterocycles. The molecular formula is C21H38N6O9. The predicted octanol–water partition coefficient (Wildman–Crippen LogP) is -2.55. The Morgan fingerprint density at radius 1 is 0.611 bits per heavy atom. The number of amides is 3. The molecule has 0 heterocycles. The van der Waals surface area contributed by atoms with Gasteiger partial charge in [0.2, 0.25) is 17.7 Å². The largest absolute Gasteiger partial charge is 0.481 e. The Balaban J connectivity index is 5.55. The first-order valence-corrected chi connectivity index (χ1v) is 11.7. The number of aliphatic carboxylic acids is 3. The topological polar surface area (TPSA) is 277 Å². The molecule has 0 radical (unpaired) electrons. The molecule has 4 unspecified atom stereocenters. The summed E-state index contributed by atoms with van der Waals surface area (Å²) in [4.78, 5) is 71.3. The van der Waals surface area contributed by atoms with E-state index in [1.54, 1.807) is 0 Å². The van der Waals surface area contributed by atoms with Gasteiger partial charge in [0.15, 0.2) is 0 Å². The van der Waals surface area contributed by atoms with Crippen molar-refractivity contribution >= 4 is 35.6 Å². The highest BCUT2D eigenvalue weighted by Gasteiger charge is 2.30. The first kappa shape index (κ1) is 32.7. The lowest BCUT2D eigenvalue weighted by Crippen LogP contribution is -2.57. The summed E-state index contributed by atoms with van der Waals surface area (Å²) in [6.07, 6.45) is 0.576. The van der Waals surface area contributed by atoms with Crippen LogP contribution in [0.25, 0.3) is 0 Å². The molecule has 0 aliphatic rings. The Kier molecular flexibility index (Phi) is 16.4.